The summed E-state index contributed by atoms with van der Waals surface area (Å²) in [6.45, 7) is 4.92. The Balaban J connectivity index is 0.00000261. The smallest absolute Gasteiger partial charge is 0.241 e. The molecule has 2 N–H and O–H groups in total. The van der Waals surface area contributed by atoms with E-state index in [2.05, 4.69) is 51.7 Å². The van der Waals surface area contributed by atoms with Gasteiger partial charge in [0.1, 0.15) is 6.54 Å². The van der Waals surface area contributed by atoms with Gasteiger partial charge in [-0.25, -0.2) is 4.99 Å². The minimum Gasteiger partial charge on any atom is -0.383 e. The van der Waals surface area contributed by atoms with Crippen LogP contribution in [0.5, 0.6) is 0 Å². The molecule has 1 aliphatic carbocycles. The Morgan fingerprint density at radius 2 is 2.00 bits per heavy atom. The number of carbonyl (C=O) groups excluding carboxylic acids is 1. The van der Waals surface area contributed by atoms with Crippen LogP contribution in [0.25, 0.3) is 0 Å². The SMILES string of the molecule is CCNC(=NCC(=O)NCCOC)N1CC2(CCCC2)c2ccccc21.I. The van der Waals surface area contributed by atoms with Crippen LogP contribution < -0.4 is 15.5 Å². The number of amides is 1. The van der Waals surface area contributed by atoms with Crippen molar-refractivity contribution in [3.8, 4) is 0 Å². The van der Waals surface area contributed by atoms with Crippen LogP contribution in [-0.2, 0) is 14.9 Å². The first kappa shape index (κ1) is 21.9. The van der Waals surface area contributed by atoms with Crippen molar-refractivity contribution in [2.24, 2.45) is 4.99 Å². The average molecular weight is 486 g/mol. The highest BCUT2D eigenvalue weighted by Crippen LogP contribution is 2.50. The lowest BCUT2D eigenvalue weighted by atomic mass is 9.81. The van der Waals surface area contributed by atoms with Crippen LogP contribution in [0.1, 0.15) is 38.2 Å². The standard InChI is InChI=1S/C20H30N4O2.HI/c1-3-21-19(23-14-18(25)22-12-13-26-2)24-15-20(10-6-7-11-20)16-8-4-5-9-17(16)24;/h4-5,8-9H,3,6-7,10-15H2,1-2H3,(H,21,23)(H,22,25);1H. The van der Waals surface area contributed by atoms with Crippen LogP contribution in [0.15, 0.2) is 29.3 Å². The Hall–Kier alpha value is -1.35. The minimum absolute atomic E-state index is 0. The topological polar surface area (TPSA) is 66.0 Å². The summed E-state index contributed by atoms with van der Waals surface area (Å²) in [5, 5.41) is 6.19. The molecule has 6 nitrogen and oxygen atoms in total. The zero-order valence-electron chi connectivity index (χ0n) is 16.3. The molecule has 0 radical (unpaired) electrons. The van der Waals surface area contributed by atoms with Crippen LogP contribution in [-0.4, -0.2) is 51.8 Å². The number of hydrogen-bond donors (Lipinski definition) is 2. The number of aliphatic imine (C=N–C) groups is 1. The fourth-order valence-corrected chi connectivity index (χ4v) is 4.19. The number of fused-ring (bicyclic) bond motifs is 2. The number of anilines is 1. The number of para-hydroxylation sites is 1. The zero-order valence-corrected chi connectivity index (χ0v) is 18.6. The molecule has 1 fully saturated rings. The molecule has 0 bridgehead atoms. The summed E-state index contributed by atoms with van der Waals surface area (Å²) in [5.74, 6) is 0.714. The van der Waals surface area contributed by atoms with Crippen LogP contribution in [0.3, 0.4) is 0 Å². The number of benzene rings is 1. The lowest BCUT2D eigenvalue weighted by Crippen LogP contribution is -2.44. The highest BCUT2D eigenvalue weighted by Gasteiger charge is 2.45. The Kier molecular flexibility index (Phi) is 8.34. The predicted octanol–water partition coefficient (Wildman–Crippen LogP) is 2.66. The van der Waals surface area contributed by atoms with E-state index >= 15 is 0 Å². The van der Waals surface area contributed by atoms with E-state index in [1.165, 1.54) is 36.9 Å². The van der Waals surface area contributed by atoms with Gasteiger partial charge < -0.3 is 20.3 Å². The first-order chi connectivity index (χ1) is 12.7. The van der Waals surface area contributed by atoms with Crippen molar-refractivity contribution < 1.29 is 9.53 Å². The van der Waals surface area contributed by atoms with Gasteiger partial charge in [-0.2, -0.15) is 0 Å². The summed E-state index contributed by atoms with van der Waals surface area (Å²) in [5.41, 5.74) is 2.91. The molecule has 3 rings (SSSR count). The molecule has 1 aromatic carbocycles. The quantitative estimate of drug-likeness (QED) is 0.281. The van der Waals surface area contributed by atoms with Crippen LogP contribution in [0.2, 0.25) is 0 Å². The number of guanidine groups is 1. The second kappa shape index (κ2) is 10.3. The number of halogens is 1. The third-order valence-electron chi connectivity index (χ3n) is 5.38. The molecule has 0 atom stereocenters. The number of methoxy groups -OCH3 is 1. The van der Waals surface area contributed by atoms with E-state index < -0.39 is 0 Å². The highest BCUT2D eigenvalue weighted by molar-refractivity contribution is 14.0. The predicted molar refractivity (Wildman–Crippen MR) is 120 cm³/mol. The molecular formula is C20H31IN4O2. The maximum absolute atomic E-state index is 12.0. The van der Waals surface area contributed by atoms with E-state index in [1.54, 1.807) is 7.11 Å². The van der Waals surface area contributed by atoms with Gasteiger partial charge in [0.05, 0.1) is 6.61 Å². The number of ether oxygens (including phenoxy) is 1. The number of hydrogen-bond acceptors (Lipinski definition) is 3. The monoisotopic (exact) mass is 486 g/mol. The second-order valence-corrected chi connectivity index (χ2v) is 7.10. The van der Waals surface area contributed by atoms with Crippen LogP contribution >= 0.6 is 24.0 Å². The number of nitrogens with one attached hydrogen (secondary N) is 2. The fourth-order valence-electron chi connectivity index (χ4n) is 4.19. The number of carbonyl (C=O) groups is 1. The molecule has 1 heterocycles. The Morgan fingerprint density at radius 1 is 1.26 bits per heavy atom. The van der Waals surface area contributed by atoms with E-state index in [1.807, 2.05) is 0 Å². The molecule has 1 amide bonds. The van der Waals surface area contributed by atoms with E-state index in [-0.39, 0.29) is 41.8 Å². The summed E-state index contributed by atoms with van der Waals surface area (Å²) >= 11 is 0. The maximum Gasteiger partial charge on any atom is 0.241 e. The minimum atomic E-state index is -0.0829. The molecule has 0 aromatic heterocycles. The Bertz CT molecular complexity index is 659. The van der Waals surface area contributed by atoms with Crippen molar-refractivity contribution in [1.82, 2.24) is 10.6 Å². The molecule has 0 unspecified atom stereocenters. The maximum atomic E-state index is 12.0. The average Bonchev–Trinajstić information content (AvgIpc) is 3.25. The molecule has 1 saturated carbocycles. The third-order valence-corrected chi connectivity index (χ3v) is 5.38. The molecule has 7 heteroatoms. The molecule has 1 spiro atoms. The summed E-state index contributed by atoms with van der Waals surface area (Å²) in [6, 6.07) is 8.66. The Labute approximate surface area is 179 Å². The van der Waals surface area contributed by atoms with Gasteiger partial charge >= 0.3 is 0 Å². The van der Waals surface area contributed by atoms with Gasteiger partial charge in [-0.1, -0.05) is 31.0 Å². The lowest BCUT2D eigenvalue weighted by Gasteiger charge is -2.26. The molecule has 150 valence electrons. The fraction of sp³-hybridized carbons (Fsp3) is 0.600. The first-order valence-electron chi connectivity index (χ1n) is 9.61. The van der Waals surface area contributed by atoms with Crippen molar-refractivity contribution in [2.45, 2.75) is 38.0 Å². The second-order valence-electron chi connectivity index (χ2n) is 7.10. The summed E-state index contributed by atoms with van der Waals surface area (Å²) in [7, 11) is 1.62. The van der Waals surface area contributed by atoms with Gasteiger partial charge in [0.15, 0.2) is 5.96 Å². The van der Waals surface area contributed by atoms with Gasteiger partial charge in [-0.05, 0) is 31.4 Å². The van der Waals surface area contributed by atoms with Gasteiger partial charge in [-0.3, -0.25) is 4.79 Å². The molecule has 27 heavy (non-hydrogen) atoms. The molecule has 0 saturated heterocycles. The van der Waals surface area contributed by atoms with Crippen LogP contribution in [0.4, 0.5) is 5.69 Å². The van der Waals surface area contributed by atoms with Crippen molar-refractivity contribution in [1.29, 1.82) is 0 Å². The summed E-state index contributed by atoms with van der Waals surface area (Å²) in [4.78, 5) is 18.9. The first-order valence-corrected chi connectivity index (χ1v) is 9.61. The van der Waals surface area contributed by atoms with Crippen molar-refractivity contribution in [3.63, 3.8) is 0 Å². The van der Waals surface area contributed by atoms with Crippen molar-refractivity contribution in [2.75, 3.05) is 44.8 Å². The number of nitrogens with zero attached hydrogens (tertiary/aromatic N) is 2. The van der Waals surface area contributed by atoms with E-state index in [0.717, 1.165) is 19.0 Å². The van der Waals surface area contributed by atoms with E-state index in [0.29, 0.717) is 13.2 Å². The zero-order chi connectivity index (χ0) is 18.4. The molecular weight excluding hydrogens is 455 g/mol. The number of rotatable bonds is 6. The van der Waals surface area contributed by atoms with Crippen molar-refractivity contribution >= 4 is 41.5 Å². The van der Waals surface area contributed by atoms with Gasteiger partial charge in [0.25, 0.3) is 0 Å². The molecule has 1 aliphatic heterocycles. The van der Waals surface area contributed by atoms with Gasteiger partial charge in [0, 0.05) is 37.8 Å². The lowest BCUT2D eigenvalue weighted by molar-refractivity contribution is -0.119. The van der Waals surface area contributed by atoms with Gasteiger partial charge in [0.2, 0.25) is 5.91 Å². The normalized spacial score (nSPS) is 17.6. The largest absolute Gasteiger partial charge is 0.383 e. The molecule has 2 aliphatic rings. The van der Waals surface area contributed by atoms with E-state index in [9.17, 15) is 4.79 Å². The van der Waals surface area contributed by atoms with Crippen molar-refractivity contribution in [3.05, 3.63) is 29.8 Å². The molecule has 1 aromatic rings. The highest BCUT2D eigenvalue weighted by atomic mass is 127. The summed E-state index contributed by atoms with van der Waals surface area (Å²) in [6.07, 6.45) is 5.05. The Morgan fingerprint density at radius 3 is 2.70 bits per heavy atom. The van der Waals surface area contributed by atoms with Crippen LogP contribution in [0, 0.1) is 0 Å². The summed E-state index contributed by atoms with van der Waals surface area (Å²) < 4.78 is 4.96. The van der Waals surface area contributed by atoms with Gasteiger partial charge in [-0.15, -0.1) is 24.0 Å². The third kappa shape index (κ3) is 4.93. The van der Waals surface area contributed by atoms with E-state index in [4.69, 9.17) is 4.74 Å².